The van der Waals surface area contributed by atoms with Crippen LogP contribution in [0.2, 0.25) is 10.0 Å². The zero-order chi connectivity index (χ0) is 17.8. The van der Waals surface area contributed by atoms with Gasteiger partial charge in [-0.05, 0) is 30.7 Å². The van der Waals surface area contributed by atoms with E-state index in [1.807, 2.05) is 37.3 Å². The molecular formula is C18H18Cl2N4O. The zero-order valence-corrected chi connectivity index (χ0v) is 15.1. The molecule has 1 unspecified atom stereocenters. The van der Waals surface area contributed by atoms with Crippen molar-refractivity contribution in [3.8, 4) is 0 Å². The number of fused-ring (bicyclic) bond motifs is 1. The van der Waals surface area contributed by atoms with Gasteiger partial charge in [0.05, 0.1) is 33.9 Å². The molecule has 130 valence electrons. The molecule has 3 N–H and O–H groups in total. The van der Waals surface area contributed by atoms with Crippen LogP contribution in [0.4, 0.5) is 17.5 Å². The highest BCUT2D eigenvalue weighted by Crippen LogP contribution is 2.32. The number of nitrogens with zero attached hydrogens (tertiary/aromatic N) is 2. The summed E-state index contributed by atoms with van der Waals surface area (Å²) in [6.45, 7) is 2.03. The van der Waals surface area contributed by atoms with Crippen molar-refractivity contribution in [3.63, 3.8) is 0 Å². The number of aliphatic hydroxyl groups is 1. The molecule has 25 heavy (non-hydrogen) atoms. The summed E-state index contributed by atoms with van der Waals surface area (Å²) in [6, 6.07) is 12.9. The molecule has 0 radical (unpaired) electrons. The third-order valence-corrected chi connectivity index (χ3v) is 4.67. The Kier molecular flexibility index (Phi) is 5.58. The van der Waals surface area contributed by atoms with Gasteiger partial charge in [0.15, 0.2) is 0 Å². The molecule has 0 saturated heterocycles. The van der Waals surface area contributed by atoms with Crippen LogP contribution >= 0.6 is 23.2 Å². The second-order valence-electron chi connectivity index (χ2n) is 5.57. The third-order valence-electron chi connectivity index (χ3n) is 3.86. The molecule has 2 aromatic carbocycles. The Labute approximate surface area is 156 Å². The Bertz CT molecular complexity index is 884. The van der Waals surface area contributed by atoms with E-state index < -0.39 is 0 Å². The van der Waals surface area contributed by atoms with Crippen LogP contribution < -0.4 is 10.6 Å². The number of aromatic nitrogens is 2. The monoisotopic (exact) mass is 376 g/mol. The van der Waals surface area contributed by atoms with E-state index in [0.29, 0.717) is 27.5 Å². The molecule has 0 fully saturated rings. The molecule has 3 rings (SSSR count). The summed E-state index contributed by atoms with van der Waals surface area (Å²) >= 11 is 12.3. The van der Waals surface area contributed by atoms with Crippen LogP contribution in [0, 0.1) is 0 Å². The van der Waals surface area contributed by atoms with E-state index in [1.54, 1.807) is 12.1 Å². The highest BCUT2D eigenvalue weighted by Gasteiger charge is 2.13. The van der Waals surface area contributed by atoms with Crippen LogP contribution in [0.5, 0.6) is 0 Å². The van der Waals surface area contributed by atoms with E-state index in [2.05, 4.69) is 20.6 Å². The highest BCUT2D eigenvalue weighted by atomic mass is 35.5. The summed E-state index contributed by atoms with van der Waals surface area (Å²) in [5.74, 6) is 1.06. The average molecular weight is 377 g/mol. The van der Waals surface area contributed by atoms with Crippen LogP contribution in [0.25, 0.3) is 10.9 Å². The smallest absolute Gasteiger partial charge is 0.229 e. The van der Waals surface area contributed by atoms with Gasteiger partial charge in [-0.1, -0.05) is 48.3 Å². The maximum atomic E-state index is 9.48. The molecule has 7 heteroatoms. The number of para-hydroxylation sites is 1. The van der Waals surface area contributed by atoms with Gasteiger partial charge in [-0.3, -0.25) is 0 Å². The minimum atomic E-state index is -0.0825. The molecule has 0 spiro atoms. The van der Waals surface area contributed by atoms with Gasteiger partial charge in [0, 0.05) is 5.39 Å². The summed E-state index contributed by atoms with van der Waals surface area (Å²) in [4.78, 5) is 9.09. The lowest BCUT2D eigenvalue weighted by molar-refractivity contribution is 0.271. The Balaban J connectivity index is 2.02. The van der Waals surface area contributed by atoms with Crippen LogP contribution in [-0.4, -0.2) is 27.7 Å². The maximum absolute atomic E-state index is 9.48. The van der Waals surface area contributed by atoms with Gasteiger partial charge >= 0.3 is 0 Å². The van der Waals surface area contributed by atoms with Crippen molar-refractivity contribution in [1.29, 1.82) is 0 Å². The van der Waals surface area contributed by atoms with Crippen LogP contribution in [0.15, 0.2) is 42.5 Å². The molecule has 0 saturated carbocycles. The topological polar surface area (TPSA) is 70.1 Å². The van der Waals surface area contributed by atoms with Gasteiger partial charge in [-0.15, -0.1) is 0 Å². The number of anilines is 3. The van der Waals surface area contributed by atoms with Crippen molar-refractivity contribution in [2.45, 2.75) is 19.4 Å². The molecule has 0 bridgehead atoms. The predicted octanol–water partition coefficient (Wildman–Crippen LogP) is 4.86. The number of hydrogen-bond donors (Lipinski definition) is 3. The fourth-order valence-corrected chi connectivity index (χ4v) is 2.78. The van der Waals surface area contributed by atoms with E-state index >= 15 is 0 Å². The van der Waals surface area contributed by atoms with Crippen LogP contribution in [-0.2, 0) is 0 Å². The summed E-state index contributed by atoms with van der Waals surface area (Å²) in [7, 11) is 0. The molecule has 0 aliphatic rings. The second kappa shape index (κ2) is 7.87. The first-order valence-corrected chi connectivity index (χ1v) is 8.73. The number of rotatable bonds is 6. The fraction of sp³-hybridized carbons (Fsp3) is 0.222. The summed E-state index contributed by atoms with van der Waals surface area (Å²) in [5.41, 5.74) is 1.41. The SMILES string of the molecule is CCC(CO)Nc1nc(Nc2cccc(Cl)c2Cl)nc2ccccc12. The van der Waals surface area contributed by atoms with Crippen LogP contribution in [0.1, 0.15) is 13.3 Å². The largest absolute Gasteiger partial charge is 0.394 e. The molecule has 5 nitrogen and oxygen atoms in total. The van der Waals surface area contributed by atoms with Gasteiger partial charge in [-0.25, -0.2) is 4.98 Å². The van der Waals surface area contributed by atoms with Gasteiger partial charge in [0.2, 0.25) is 5.95 Å². The highest BCUT2D eigenvalue weighted by molar-refractivity contribution is 6.43. The summed E-state index contributed by atoms with van der Waals surface area (Å²) in [6.07, 6.45) is 0.776. The molecule has 0 aliphatic heterocycles. The third kappa shape index (κ3) is 3.95. The van der Waals surface area contributed by atoms with Crippen molar-refractivity contribution in [3.05, 3.63) is 52.5 Å². The van der Waals surface area contributed by atoms with Gasteiger partial charge in [0.25, 0.3) is 0 Å². The predicted molar refractivity (Wildman–Crippen MR) is 104 cm³/mol. The van der Waals surface area contributed by atoms with Crippen molar-refractivity contribution >= 4 is 51.6 Å². The number of halogens is 2. The quantitative estimate of drug-likeness (QED) is 0.572. The maximum Gasteiger partial charge on any atom is 0.229 e. The number of nitrogens with one attached hydrogen (secondary N) is 2. The number of benzene rings is 2. The Morgan fingerprint density at radius 3 is 2.64 bits per heavy atom. The minimum Gasteiger partial charge on any atom is -0.394 e. The van der Waals surface area contributed by atoms with Crippen molar-refractivity contribution < 1.29 is 5.11 Å². The molecular weight excluding hydrogens is 359 g/mol. The Hall–Kier alpha value is -2.08. The molecule has 3 aromatic rings. The molecule has 1 atom stereocenters. The van der Waals surface area contributed by atoms with Gasteiger partial charge in [0.1, 0.15) is 5.82 Å². The van der Waals surface area contributed by atoms with E-state index in [0.717, 1.165) is 17.3 Å². The fourth-order valence-electron chi connectivity index (χ4n) is 2.43. The normalized spacial score (nSPS) is 12.2. The van der Waals surface area contributed by atoms with Crippen molar-refractivity contribution in [2.75, 3.05) is 17.2 Å². The molecule has 0 aliphatic carbocycles. The first-order chi connectivity index (χ1) is 12.1. The van der Waals surface area contributed by atoms with E-state index in [4.69, 9.17) is 23.2 Å². The summed E-state index contributed by atoms with van der Waals surface area (Å²) < 4.78 is 0. The van der Waals surface area contributed by atoms with Crippen LogP contribution in [0.3, 0.4) is 0 Å². The first kappa shape index (κ1) is 17.7. The minimum absolute atomic E-state index is 0.0255. The van der Waals surface area contributed by atoms with Gasteiger partial charge < -0.3 is 15.7 Å². The van der Waals surface area contributed by atoms with E-state index in [-0.39, 0.29) is 12.6 Å². The summed E-state index contributed by atoms with van der Waals surface area (Å²) in [5, 5.41) is 17.6. The second-order valence-corrected chi connectivity index (χ2v) is 6.36. The Morgan fingerprint density at radius 1 is 1.08 bits per heavy atom. The lowest BCUT2D eigenvalue weighted by Gasteiger charge is -2.17. The lowest BCUT2D eigenvalue weighted by atomic mass is 10.2. The van der Waals surface area contributed by atoms with E-state index in [1.165, 1.54) is 0 Å². The van der Waals surface area contributed by atoms with Crippen molar-refractivity contribution in [1.82, 2.24) is 9.97 Å². The van der Waals surface area contributed by atoms with Crippen molar-refractivity contribution in [2.24, 2.45) is 0 Å². The van der Waals surface area contributed by atoms with Gasteiger partial charge in [-0.2, -0.15) is 4.98 Å². The number of hydrogen-bond acceptors (Lipinski definition) is 5. The number of aliphatic hydroxyl groups excluding tert-OH is 1. The average Bonchev–Trinajstić information content (AvgIpc) is 2.63. The molecule has 1 aromatic heterocycles. The molecule has 0 amide bonds. The first-order valence-electron chi connectivity index (χ1n) is 7.97. The lowest BCUT2D eigenvalue weighted by Crippen LogP contribution is -2.23. The Morgan fingerprint density at radius 2 is 1.88 bits per heavy atom. The molecule has 1 heterocycles. The zero-order valence-electron chi connectivity index (χ0n) is 13.6. The van der Waals surface area contributed by atoms with E-state index in [9.17, 15) is 5.11 Å². The standard InChI is InChI=1S/C18H18Cl2N4O/c1-2-11(10-25)21-17-12-6-3-4-8-14(12)22-18(24-17)23-15-9-5-7-13(19)16(15)20/h3-9,11,25H,2,10H2,1H3,(H2,21,22,23,24).